The van der Waals surface area contributed by atoms with Crippen molar-refractivity contribution < 1.29 is 18.0 Å². The molecule has 0 radical (unpaired) electrons. The van der Waals surface area contributed by atoms with Crippen LogP contribution in [0, 0.1) is 0 Å². The summed E-state index contributed by atoms with van der Waals surface area (Å²) in [6.45, 7) is 0. The molecule has 0 aromatic heterocycles. The van der Waals surface area contributed by atoms with E-state index in [0.29, 0.717) is 0 Å². The summed E-state index contributed by atoms with van der Waals surface area (Å²) >= 11 is 0. The van der Waals surface area contributed by atoms with Crippen molar-refractivity contribution >= 4 is 6.29 Å². The molecule has 4 heteroatoms. The SMILES string of the molecule is O=CC(F)C(F)=CF. The maximum absolute atomic E-state index is 11.5. The number of carbonyl (C=O) groups is 1. The fourth-order valence-electron chi connectivity index (χ4n) is 0.125. The van der Waals surface area contributed by atoms with Gasteiger partial charge in [0.2, 0.25) is 6.17 Å². The van der Waals surface area contributed by atoms with E-state index in [2.05, 4.69) is 0 Å². The van der Waals surface area contributed by atoms with Crippen molar-refractivity contribution in [3.05, 3.63) is 12.2 Å². The average molecular weight is 124 g/mol. The number of rotatable bonds is 2. The average Bonchev–Trinajstić information content (AvgIpc) is 1.84. The quantitative estimate of drug-likeness (QED) is 0.507. The smallest absolute Gasteiger partial charge is 0.208 e. The van der Waals surface area contributed by atoms with Gasteiger partial charge < -0.3 is 0 Å². The normalized spacial score (nSPS) is 15.6. The summed E-state index contributed by atoms with van der Waals surface area (Å²) in [7, 11) is 0. The summed E-state index contributed by atoms with van der Waals surface area (Å²) in [6.07, 6.45) is -3.36. The molecule has 0 rings (SSSR count). The van der Waals surface area contributed by atoms with Crippen molar-refractivity contribution in [3.8, 4) is 0 Å². The van der Waals surface area contributed by atoms with E-state index in [-0.39, 0.29) is 6.29 Å². The lowest BCUT2D eigenvalue weighted by Gasteiger charge is -1.88. The van der Waals surface area contributed by atoms with Gasteiger partial charge in [-0.15, -0.1) is 0 Å². The number of aldehydes is 1. The third-order valence-corrected chi connectivity index (χ3v) is 0.487. The molecule has 0 amide bonds. The summed E-state index contributed by atoms with van der Waals surface area (Å²) in [4.78, 5) is 9.28. The Labute approximate surface area is 43.8 Å². The van der Waals surface area contributed by atoms with Crippen LogP contribution in [0.4, 0.5) is 13.2 Å². The molecule has 1 atom stereocenters. The molecule has 0 fully saturated rings. The Morgan fingerprint density at radius 1 is 1.62 bits per heavy atom. The topological polar surface area (TPSA) is 17.1 Å². The summed E-state index contributed by atoms with van der Waals surface area (Å²) in [5.41, 5.74) is 0. The van der Waals surface area contributed by atoms with E-state index in [1.807, 2.05) is 0 Å². The van der Waals surface area contributed by atoms with Crippen LogP contribution in [0.5, 0.6) is 0 Å². The second kappa shape index (κ2) is 3.23. The maximum atomic E-state index is 11.5. The Morgan fingerprint density at radius 3 is 2.25 bits per heavy atom. The number of halogens is 3. The first kappa shape index (κ1) is 7.20. The second-order valence-electron chi connectivity index (χ2n) is 1.03. The van der Waals surface area contributed by atoms with E-state index in [1.165, 1.54) is 0 Å². The fourth-order valence-corrected chi connectivity index (χ4v) is 0.125. The molecule has 0 N–H and O–H groups in total. The van der Waals surface area contributed by atoms with Crippen LogP contribution in [0.1, 0.15) is 0 Å². The Hall–Kier alpha value is -0.800. The minimum atomic E-state index is -2.44. The fraction of sp³-hybridized carbons (Fsp3) is 0.250. The zero-order valence-electron chi connectivity index (χ0n) is 3.77. The van der Waals surface area contributed by atoms with E-state index in [4.69, 9.17) is 0 Å². The minimum Gasteiger partial charge on any atom is -0.300 e. The van der Waals surface area contributed by atoms with Gasteiger partial charge in [0.05, 0.1) is 0 Å². The minimum absolute atomic E-state index is 0.328. The number of hydrogen-bond donors (Lipinski definition) is 0. The highest BCUT2D eigenvalue weighted by Crippen LogP contribution is 2.04. The molecule has 0 spiro atoms. The van der Waals surface area contributed by atoms with Gasteiger partial charge in [0.25, 0.3) is 0 Å². The Balaban J connectivity index is 3.81. The molecule has 0 aliphatic rings. The number of allylic oxidation sites excluding steroid dienone is 1. The molecule has 8 heavy (non-hydrogen) atoms. The largest absolute Gasteiger partial charge is 0.300 e. The highest BCUT2D eigenvalue weighted by molar-refractivity contribution is 5.60. The van der Waals surface area contributed by atoms with Crippen LogP contribution in [0.25, 0.3) is 0 Å². The van der Waals surface area contributed by atoms with Crippen molar-refractivity contribution in [2.24, 2.45) is 0 Å². The summed E-state index contributed by atoms with van der Waals surface area (Å²) in [6, 6.07) is 0. The van der Waals surface area contributed by atoms with Gasteiger partial charge in [0.1, 0.15) is 6.33 Å². The first-order valence-electron chi connectivity index (χ1n) is 1.77. The van der Waals surface area contributed by atoms with Crippen LogP contribution in [-0.2, 0) is 4.79 Å². The van der Waals surface area contributed by atoms with Gasteiger partial charge in [-0.05, 0) is 0 Å². The van der Waals surface area contributed by atoms with Crippen LogP contribution in [0.2, 0.25) is 0 Å². The van der Waals surface area contributed by atoms with Gasteiger partial charge in [-0.3, -0.25) is 4.79 Å². The highest BCUT2D eigenvalue weighted by atomic mass is 19.2. The molecule has 1 unspecified atom stereocenters. The molecule has 0 aromatic rings. The predicted octanol–water partition coefficient (Wildman–Crippen LogP) is 1.30. The third kappa shape index (κ3) is 1.77. The Kier molecular flexibility index (Phi) is 2.91. The molecular formula is C4H3F3O. The van der Waals surface area contributed by atoms with Crippen molar-refractivity contribution in [2.45, 2.75) is 6.17 Å². The van der Waals surface area contributed by atoms with Gasteiger partial charge in [0.15, 0.2) is 12.1 Å². The van der Waals surface area contributed by atoms with Crippen LogP contribution in [-0.4, -0.2) is 12.5 Å². The lowest BCUT2D eigenvalue weighted by molar-refractivity contribution is -0.111. The van der Waals surface area contributed by atoms with Crippen LogP contribution >= 0.6 is 0 Å². The van der Waals surface area contributed by atoms with Gasteiger partial charge in [0, 0.05) is 0 Å². The molecule has 0 saturated carbocycles. The van der Waals surface area contributed by atoms with E-state index in [1.54, 1.807) is 0 Å². The molecule has 0 heterocycles. The Bertz CT molecular complexity index is 110. The van der Waals surface area contributed by atoms with Gasteiger partial charge in [-0.2, -0.15) is 0 Å². The molecule has 0 aromatic carbocycles. The summed E-state index contributed by atoms with van der Waals surface area (Å²) in [5.74, 6) is -1.69. The Morgan fingerprint density at radius 2 is 2.12 bits per heavy atom. The van der Waals surface area contributed by atoms with Crippen molar-refractivity contribution in [3.63, 3.8) is 0 Å². The zero-order chi connectivity index (χ0) is 6.57. The number of hydrogen-bond acceptors (Lipinski definition) is 1. The highest BCUT2D eigenvalue weighted by Gasteiger charge is 2.09. The third-order valence-electron chi connectivity index (χ3n) is 0.487. The van der Waals surface area contributed by atoms with Crippen molar-refractivity contribution in [1.29, 1.82) is 0 Å². The number of alkyl halides is 1. The van der Waals surface area contributed by atoms with Crippen molar-refractivity contribution in [1.82, 2.24) is 0 Å². The van der Waals surface area contributed by atoms with E-state index < -0.39 is 18.3 Å². The molecule has 0 bridgehead atoms. The molecule has 1 nitrogen and oxygen atoms in total. The number of carbonyl (C=O) groups excluding carboxylic acids is 1. The van der Waals surface area contributed by atoms with Crippen LogP contribution in [0.3, 0.4) is 0 Å². The van der Waals surface area contributed by atoms with E-state index >= 15 is 0 Å². The first-order valence-corrected chi connectivity index (χ1v) is 1.77. The molecule has 0 aliphatic carbocycles. The van der Waals surface area contributed by atoms with E-state index in [0.717, 1.165) is 0 Å². The van der Waals surface area contributed by atoms with Gasteiger partial charge in [-0.25, -0.2) is 13.2 Å². The van der Waals surface area contributed by atoms with Crippen LogP contribution in [0.15, 0.2) is 12.2 Å². The predicted molar refractivity (Wildman–Crippen MR) is 21.3 cm³/mol. The summed E-state index contributed by atoms with van der Waals surface area (Å²) in [5, 5.41) is 0. The lowest BCUT2D eigenvalue weighted by atomic mass is 10.4. The molecular weight excluding hydrogens is 121 g/mol. The standard InChI is InChI=1S/C4H3F3O/c5-1-3(6)4(7)2-8/h1-2,4H. The zero-order valence-corrected chi connectivity index (χ0v) is 3.77. The molecule has 0 aliphatic heterocycles. The summed E-state index contributed by atoms with van der Waals surface area (Å²) < 4.78 is 33.8. The monoisotopic (exact) mass is 124 g/mol. The van der Waals surface area contributed by atoms with Crippen LogP contribution < -0.4 is 0 Å². The van der Waals surface area contributed by atoms with Crippen molar-refractivity contribution in [2.75, 3.05) is 0 Å². The molecule has 46 valence electrons. The lowest BCUT2D eigenvalue weighted by Crippen LogP contribution is -2.00. The molecule has 0 saturated heterocycles. The second-order valence-corrected chi connectivity index (χ2v) is 1.03. The maximum Gasteiger partial charge on any atom is 0.208 e. The first-order chi connectivity index (χ1) is 3.72. The van der Waals surface area contributed by atoms with Gasteiger partial charge >= 0.3 is 0 Å². The van der Waals surface area contributed by atoms with E-state index in [9.17, 15) is 18.0 Å². The van der Waals surface area contributed by atoms with Gasteiger partial charge in [-0.1, -0.05) is 0 Å².